The molecule has 2 amide bonds. The number of amides is 2. The molecule has 1 atom stereocenters. The van der Waals surface area contributed by atoms with E-state index >= 15 is 0 Å². The second kappa shape index (κ2) is 8.41. The maximum atomic E-state index is 13.0. The molecular formula is C23H30ClN3O4. The predicted molar refractivity (Wildman–Crippen MR) is 118 cm³/mol. The Kier molecular flexibility index (Phi) is 5.99. The molecule has 4 aliphatic carbocycles. The zero-order valence-corrected chi connectivity index (χ0v) is 18.8. The van der Waals surface area contributed by atoms with E-state index in [0.29, 0.717) is 6.54 Å². The highest BCUT2D eigenvalue weighted by molar-refractivity contribution is 6.34. The number of non-ortho nitro benzene ring substituents is 1. The van der Waals surface area contributed by atoms with Crippen molar-refractivity contribution in [2.75, 3.05) is 6.54 Å². The van der Waals surface area contributed by atoms with Crippen molar-refractivity contribution < 1.29 is 14.5 Å². The van der Waals surface area contributed by atoms with Gasteiger partial charge in [-0.2, -0.15) is 0 Å². The van der Waals surface area contributed by atoms with E-state index in [2.05, 4.69) is 10.6 Å². The van der Waals surface area contributed by atoms with Crippen molar-refractivity contribution in [3.8, 4) is 0 Å². The van der Waals surface area contributed by atoms with Gasteiger partial charge in [0, 0.05) is 18.7 Å². The van der Waals surface area contributed by atoms with Crippen molar-refractivity contribution in [3.63, 3.8) is 0 Å². The monoisotopic (exact) mass is 447 g/mol. The minimum Gasteiger partial charge on any atom is -0.354 e. The summed E-state index contributed by atoms with van der Waals surface area (Å²) < 4.78 is 0. The molecule has 1 aromatic rings. The van der Waals surface area contributed by atoms with Gasteiger partial charge in [-0.1, -0.05) is 25.4 Å². The van der Waals surface area contributed by atoms with Gasteiger partial charge in [-0.25, -0.2) is 0 Å². The lowest BCUT2D eigenvalue weighted by molar-refractivity contribution is -0.384. The smallest absolute Gasteiger partial charge is 0.270 e. The highest BCUT2D eigenvalue weighted by Crippen LogP contribution is 2.59. The maximum absolute atomic E-state index is 13.0. The number of nitro benzene ring substituents is 1. The molecular weight excluding hydrogens is 418 g/mol. The average molecular weight is 448 g/mol. The van der Waals surface area contributed by atoms with Crippen LogP contribution in [0.4, 0.5) is 5.69 Å². The van der Waals surface area contributed by atoms with Crippen LogP contribution in [0.25, 0.3) is 0 Å². The van der Waals surface area contributed by atoms with Crippen LogP contribution in [0.15, 0.2) is 18.2 Å². The van der Waals surface area contributed by atoms with Crippen molar-refractivity contribution in [1.82, 2.24) is 10.6 Å². The Hall–Kier alpha value is -2.15. The van der Waals surface area contributed by atoms with E-state index in [9.17, 15) is 19.7 Å². The third kappa shape index (κ3) is 4.56. The Morgan fingerprint density at radius 2 is 1.74 bits per heavy atom. The Morgan fingerprint density at radius 1 is 1.16 bits per heavy atom. The van der Waals surface area contributed by atoms with Crippen LogP contribution in [-0.4, -0.2) is 29.3 Å². The van der Waals surface area contributed by atoms with Gasteiger partial charge in [-0.15, -0.1) is 0 Å². The van der Waals surface area contributed by atoms with Gasteiger partial charge in [0.25, 0.3) is 11.6 Å². The Morgan fingerprint density at radius 3 is 2.23 bits per heavy atom. The Labute approximate surface area is 187 Å². The van der Waals surface area contributed by atoms with E-state index in [1.54, 1.807) is 0 Å². The third-order valence-corrected chi connectivity index (χ3v) is 7.76. The molecule has 4 fully saturated rings. The summed E-state index contributed by atoms with van der Waals surface area (Å²) in [5.74, 6) is 1.63. The predicted octanol–water partition coefficient (Wildman–Crippen LogP) is 4.34. The SMILES string of the molecule is CC(C)C(NC(=O)c1ccc([N+](=O)[O-])cc1Cl)C(=O)NCC12CC3CC(CC(C3)C1)C2. The van der Waals surface area contributed by atoms with E-state index in [4.69, 9.17) is 11.6 Å². The van der Waals surface area contributed by atoms with Gasteiger partial charge in [-0.05, 0) is 73.7 Å². The average Bonchev–Trinajstić information content (AvgIpc) is 2.68. The normalized spacial score (nSPS) is 29.6. The van der Waals surface area contributed by atoms with Gasteiger partial charge >= 0.3 is 0 Å². The Balaban J connectivity index is 1.40. The fraction of sp³-hybridized carbons (Fsp3) is 0.652. The van der Waals surface area contributed by atoms with Crippen molar-refractivity contribution >= 4 is 29.1 Å². The van der Waals surface area contributed by atoms with Crippen molar-refractivity contribution in [3.05, 3.63) is 38.9 Å². The molecule has 8 heteroatoms. The van der Waals surface area contributed by atoms with Crippen LogP contribution in [0.1, 0.15) is 62.7 Å². The van der Waals surface area contributed by atoms with Gasteiger partial charge in [0.1, 0.15) is 6.04 Å². The van der Waals surface area contributed by atoms with Crippen molar-refractivity contribution in [2.24, 2.45) is 29.1 Å². The van der Waals surface area contributed by atoms with Crippen LogP contribution in [0, 0.1) is 39.2 Å². The van der Waals surface area contributed by atoms with Crippen LogP contribution >= 0.6 is 11.6 Å². The molecule has 31 heavy (non-hydrogen) atoms. The molecule has 0 aliphatic heterocycles. The minimum atomic E-state index is -0.701. The highest BCUT2D eigenvalue weighted by atomic mass is 35.5. The number of rotatable bonds is 7. The minimum absolute atomic E-state index is 0.0109. The summed E-state index contributed by atoms with van der Waals surface area (Å²) in [6.07, 6.45) is 7.68. The lowest BCUT2D eigenvalue weighted by Gasteiger charge is -2.57. The molecule has 7 nitrogen and oxygen atoms in total. The number of nitrogens with zero attached hydrogens (tertiary/aromatic N) is 1. The summed E-state index contributed by atoms with van der Waals surface area (Å²) >= 11 is 6.08. The van der Waals surface area contributed by atoms with E-state index in [0.717, 1.165) is 23.8 Å². The zero-order valence-electron chi connectivity index (χ0n) is 18.0. The number of carbonyl (C=O) groups is 2. The molecule has 2 N–H and O–H groups in total. The number of halogens is 1. The molecule has 5 rings (SSSR count). The first-order chi connectivity index (χ1) is 14.7. The number of nitrogens with one attached hydrogen (secondary N) is 2. The highest BCUT2D eigenvalue weighted by Gasteiger charge is 2.50. The van der Waals surface area contributed by atoms with E-state index in [-0.39, 0.29) is 33.5 Å². The largest absolute Gasteiger partial charge is 0.354 e. The van der Waals surface area contributed by atoms with E-state index in [1.165, 1.54) is 50.7 Å². The molecule has 4 aliphatic rings. The van der Waals surface area contributed by atoms with Gasteiger partial charge in [0.05, 0.1) is 15.5 Å². The molecule has 1 unspecified atom stereocenters. The first-order valence-electron chi connectivity index (χ1n) is 11.2. The second-order valence-corrected chi connectivity index (χ2v) is 10.7. The van der Waals surface area contributed by atoms with Crippen LogP contribution in [0.2, 0.25) is 5.02 Å². The fourth-order valence-electron chi connectivity index (χ4n) is 6.45. The first-order valence-corrected chi connectivity index (χ1v) is 11.6. The summed E-state index contributed by atoms with van der Waals surface area (Å²) in [5, 5.41) is 16.8. The molecule has 4 saturated carbocycles. The molecule has 168 valence electrons. The number of hydrogen-bond donors (Lipinski definition) is 2. The molecule has 0 saturated heterocycles. The lowest BCUT2D eigenvalue weighted by atomic mass is 9.49. The van der Waals surface area contributed by atoms with E-state index < -0.39 is 16.9 Å². The van der Waals surface area contributed by atoms with Crippen LogP contribution in [-0.2, 0) is 4.79 Å². The molecule has 0 aromatic heterocycles. The number of carbonyl (C=O) groups excluding carboxylic acids is 2. The summed E-state index contributed by atoms with van der Waals surface area (Å²) in [6.45, 7) is 4.44. The second-order valence-electron chi connectivity index (χ2n) is 10.3. The van der Waals surface area contributed by atoms with Crippen molar-refractivity contribution in [2.45, 2.75) is 58.4 Å². The Bertz CT molecular complexity index is 866. The van der Waals surface area contributed by atoms with Crippen molar-refractivity contribution in [1.29, 1.82) is 0 Å². The summed E-state index contributed by atoms with van der Waals surface area (Å²) in [5.41, 5.74) is 0.152. The van der Waals surface area contributed by atoms with Gasteiger partial charge in [0.2, 0.25) is 5.91 Å². The summed E-state index contributed by atoms with van der Waals surface area (Å²) in [6, 6.07) is 3.00. The first kappa shape index (κ1) is 22.1. The fourth-order valence-corrected chi connectivity index (χ4v) is 6.71. The molecule has 0 heterocycles. The number of benzene rings is 1. The molecule has 0 radical (unpaired) electrons. The zero-order chi connectivity index (χ0) is 22.3. The lowest BCUT2D eigenvalue weighted by Crippen LogP contribution is -2.55. The summed E-state index contributed by atoms with van der Waals surface area (Å²) in [4.78, 5) is 36.1. The van der Waals surface area contributed by atoms with Gasteiger partial charge in [0.15, 0.2) is 0 Å². The molecule has 0 spiro atoms. The van der Waals surface area contributed by atoms with Crippen LogP contribution in [0.5, 0.6) is 0 Å². The standard InChI is InChI=1S/C23H30ClN3O4/c1-13(2)20(26-21(28)18-4-3-17(27(30)31)8-19(18)24)22(29)25-12-23-9-14-5-15(10-23)7-16(6-14)11-23/h3-4,8,13-16,20H,5-7,9-12H2,1-2H3,(H,25,29)(H,26,28). The third-order valence-electron chi connectivity index (χ3n) is 7.45. The van der Waals surface area contributed by atoms with Gasteiger partial charge < -0.3 is 10.6 Å². The topological polar surface area (TPSA) is 101 Å². The van der Waals surface area contributed by atoms with Gasteiger partial charge in [-0.3, -0.25) is 19.7 Å². The number of hydrogen-bond acceptors (Lipinski definition) is 4. The summed E-state index contributed by atoms with van der Waals surface area (Å²) in [7, 11) is 0. The van der Waals surface area contributed by atoms with Crippen LogP contribution < -0.4 is 10.6 Å². The molecule has 4 bridgehead atoms. The number of nitro groups is 1. The van der Waals surface area contributed by atoms with E-state index in [1.807, 2.05) is 13.8 Å². The van der Waals surface area contributed by atoms with Crippen LogP contribution in [0.3, 0.4) is 0 Å². The quantitative estimate of drug-likeness (QED) is 0.479. The molecule has 1 aromatic carbocycles. The maximum Gasteiger partial charge on any atom is 0.270 e.